The molecule has 0 aliphatic rings. The van der Waals surface area contributed by atoms with Gasteiger partial charge in [0.1, 0.15) is 13.2 Å². The standard InChI is InChI=1S/C72H132O6/c1-4-7-10-13-16-19-22-25-28-30-32-34-35-36-37-38-40-41-44-47-50-53-56-59-62-65-71(74)77-68-69(67-76-70(73)64-61-58-55-52-49-46-43-27-24-21-18-15-12-9-6-3)78-72(75)66-63-60-57-54-51-48-45-42-39-33-31-29-26-23-20-17-14-11-8-5-2/h9,12,18,21,27,43,49,52,69H,4-8,10-11,13-17,19-20,22-26,28-42,44-48,50-51,53-68H2,1-3H3/b12-9-,21-18-,43-27-,52-49-. The van der Waals surface area contributed by atoms with Crippen LogP contribution in [0.2, 0.25) is 0 Å². The Morgan fingerprint density at radius 3 is 0.782 bits per heavy atom. The van der Waals surface area contributed by atoms with E-state index < -0.39 is 6.10 Å². The molecular weight excluding hydrogens is 961 g/mol. The molecule has 1 atom stereocenters. The molecule has 78 heavy (non-hydrogen) atoms. The summed E-state index contributed by atoms with van der Waals surface area (Å²) in [5.41, 5.74) is 0. The zero-order chi connectivity index (χ0) is 56.4. The van der Waals surface area contributed by atoms with E-state index in [1.54, 1.807) is 0 Å². The maximum Gasteiger partial charge on any atom is 0.306 e. The first-order valence-corrected chi connectivity index (χ1v) is 34.6. The van der Waals surface area contributed by atoms with E-state index in [4.69, 9.17) is 14.2 Å². The maximum atomic E-state index is 12.9. The molecular formula is C72H132O6. The lowest BCUT2D eigenvalue weighted by molar-refractivity contribution is -0.167. The van der Waals surface area contributed by atoms with Crippen LogP contribution in [0.3, 0.4) is 0 Å². The van der Waals surface area contributed by atoms with E-state index in [9.17, 15) is 14.4 Å². The highest BCUT2D eigenvalue weighted by Gasteiger charge is 2.19. The Bertz CT molecular complexity index is 1350. The molecule has 0 amide bonds. The number of ether oxygens (including phenoxy) is 3. The van der Waals surface area contributed by atoms with E-state index in [0.717, 1.165) is 83.5 Å². The number of hydrogen-bond donors (Lipinski definition) is 0. The van der Waals surface area contributed by atoms with Crippen molar-refractivity contribution < 1.29 is 28.6 Å². The molecule has 456 valence electrons. The molecule has 0 radical (unpaired) electrons. The Hall–Kier alpha value is -2.63. The van der Waals surface area contributed by atoms with Crippen LogP contribution in [-0.2, 0) is 28.6 Å². The van der Waals surface area contributed by atoms with Gasteiger partial charge in [0.25, 0.3) is 0 Å². The molecule has 0 aromatic carbocycles. The van der Waals surface area contributed by atoms with Crippen LogP contribution in [-0.4, -0.2) is 37.2 Å². The zero-order valence-electron chi connectivity index (χ0n) is 52.5. The monoisotopic (exact) mass is 1090 g/mol. The lowest BCUT2D eigenvalue weighted by atomic mass is 10.0. The average molecular weight is 1090 g/mol. The Morgan fingerprint density at radius 1 is 0.269 bits per heavy atom. The van der Waals surface area contributed by atoms with Crippen molar-refractivity contribution in [1.29, 1.82) is 0 Å². The topological polar surface area (TPSA) is 78.9 Å². The summed E-state index contributed by atoms with van der Waals surface area (Å²) in [4.78, 5) is 38.4. The Kier molecular flexibility index (Phi) is 64.6. The summed E-state index contributed by atoms with van der Waals surface area (Å²) in [5.74, 6) is -0.897. The summed E-state index contributed by atoms with van der Waals surface area (Å²) in [7, 11) is 0. The quantitative estimate of drug-likeness (QED) is 0.0261. The molecule has 0 spiro atoms. The van der Waals surface area contributed by atoms with Gasteiger partial charge in [-0.15, -0.1) is 0 Å². The molecule has 0 N–H and O–H groups in total. The van der Waals surface area contributed by atoms with Crippen LogP contribution in [0.1, 0.15) is 374 Å². The minimum absolute atomic E-state index is 0.0810. The molecule has 0 saturated carbocycles. The highest BCUT2D eigenvalue weighted by Crippen LogP contribution is 2.19. The molecule has 6 nitrogen and oxygen atoms in total. The lowest BCUT2D eigenvalue weighted by Crippen LogP contribution is -2.30. The van der Waals surface area contributed by atoms with Crippen molar-refractivity contribution in [1.82, 2.24) is 0 Å². The Labute approximate surface area is 486 Å². The summed E-state index contributed by atoms with van der Waals surface area (Å²) in [5, 5.41) is 0. The Balaban J connectivity index is 4.28. The van der Waals surface area contributed by atoms with E-state index in [2.05, 4.69) is 69.4 Å². The summed E-state index contributed by atoms with van der Waals surface area (Å²) in [6, 6.07) is 0. The molecule has 0 saturated heterocycles. The van der Waals surface area contributed by atoms with Crippen LogP contribution in [0, 0.1) is 0 Å². The van der Waals surface area contributed by atoms with Crippen molar-refractivity contribution in [2.75, 3.05) is 13.2 Å². The van der Waals surface area contributed by atoms with Gasteiger partial charge in [0, 0.05) is 19.3 Å². The summed E-state index contributed by atoms with van der Waals surface area (Å²) < 4.78 is 16.9. The van der Waals surface area contributed by atoms with E-state index in [0.29, 0.717) is 19.3 Å². The van der Waals surface area contributed by atoms with Gasteiger partial charge < -0.3 is 14.2 Å². The number of carbonyl (C=O) groups excluding carboxylic acids is 3. The number of esters is 3. The van der Waals surface area contributed by atoms with E-state index in [-0.39, 0.29) is 31.1 Å². The lowest BCUT2D eigenvalue weighted by Gasteiger charge is -2.18. The first-order valence-electron chi connectivity index (χ1n) is 34.6. The van der Waals surface area contributed by atoms with Crippen molar-refractivity contribution in [3.05, 3.63) is 48.6 Å². The van der Waals surface area contributed by atoms with Crippen LogP contribution in [0.4, 0.5) is 0 Å². The largest absolute Gasteiger partial charge is 0.462 e. The summed E-state index contributed by atoms with van der Waals surface area (Å²) in [6.45, 7) is 6.57. The highest BCUT2D eigenvalue weighted by molar-refractivity contribution is 5.71. The Morgan fingerprint density at radius 2 is 0.500 bits per heavy atom. The summed E-state index contributed by atoms with van der Waals surface area (Å²) >= 11 is 0. The number of carbonyl (C=O) groups is 3. The van der Waals surface area contributed by atoms with Gasteiger partial charge in [-0.25, -0.2) is 0 Å². The second kappa shape index (κ2) is 66.9. The fraction of sp³-hybridized carbons (Fsp3) is 0.847. The predicted octanol–water partition coefficient (Wildman–Crippen LogP) is 23.7. The smallest absolute Gasteiger partial charge is 0.306 e. The number of hydrogen-bond acceptors (Lipinski definition) is 6. The van der Waals surface area contributed by atoms with Crippen LogP contribution < -0.4 is 0 Å². The third-order valence-corrected chi connectivity index (χ3v) is 15.6. The van der Waals surface area contributed by atoms with Gasteiger partial charge in [0.15, 0.2) is 6.10 Å². The molecule has 1 unspecified atom stereocenters. The van der Waals surface area contributed by atoms with Crippen molar-refractivity contribution in [3.63, 3.8) is 0 Å². The normalized spacial score (nSPS) is 12.3. The molecule has 0 heterocycles. The molecule has 0 fully saturated rings. The average Bonchev–Trinajstić information content (AvgIpc) is 3.44. The van der Waals surface area contributed by atoms with Gasteiger partial charge in [-0.3, -0.25) is 14.4 Å². The minimum atomic E-state index is -0.788. The van der Waals surface area contributed by atoms with Gasteiger partial charge in [-0.2, -0.15) is 0 Å². The maximum absolute atomic E-state index is 12.9. The molecule has 6 heteroatoms. The van der Waals surface area contributed by atoms with Gasteiger partial charge in [-0.05, 0) is 57.8 Å². The van der Waals surface area contributed by atoms with Crippen LogP contribution >= 0.6 is 0 Å². The van der Waals surface area contributed by atoms with Gasteiger partial charge in [0.05, 0.1) is 0 Å². The molecule has 0 aromatic rings. The summed E-state index contributed by atoms with van der Waals surface area (Å²) in [6.07, 6.45) is 84.3. The van der Waals surface area contributed by atoms with Crippen LogP contribution in [0.15, 0.2) is 48.6 Å². The molecule has 0 aliphatic heterocycles. The van der Waals surface area contributed by atoms with E-state index >= 15 is 0 Å². The molecule has 0 aromatic heterocycles. The first-order chi connectivity index (χ1) is 38.5. The third kappa shape index (κ3) is 64.2. The SMILES string of the molecule is CC/C=C\C/C=C\C/C=C\C/C=C\CCCCC(=O)OCC(COC(=O)CCCCCCCCCCCCCCCCCCCCCCCCCCC)OC(=O)CCCCCCCCCCCCCCCCCCCCCC. The van der Waals surface area contributed by atoms with Gasteiger partial charge in [0.2, 0.25) is 0 Å². The number of allylic oxidation sites excluding steroid dienone is 8. The first kappa shape index (κ1) is 75.4. The minimum Gasteiger partial charge on any atom is -0.462 e. The van der Waals surface area contributed by atoms with Gasteiger partial charge >= 0.3 is 17.9 Å². The number of unbranched alkanes of at least 4 members (excludes halogenated alkanes) is 45. The fourth-order valence-corrected chi connectivity index (χ4v) is 10.4. The van der Waals surface area contributed by atoms with E-state index in [1.807, 2.05) is 0 Å². The number of rotatable bonds is 64. The van der Waals surface area contributed by atoms with Crippen molar-refractivity contribution >= 4 is 17.9 Å². The highest BCUT2D eigenvalue weighted by atomic mass is 16.6. The molecule has 0 aliphatic carbocycles. The van der Waals surface area contributed by atoms with Crippen molar-refractivity contribution in [2.45, 2.75) is 380 Å². The molecule has 0 bridgehead atoms. The molecule has 0 rings (SSSR count). The van der Waals surface area contributed by atoms with Crippen LogP contribution in [0.25, 0.3) is 0 Å². The second-order valence-corrected chi connectivity index (χ2v) is 23.4. The predicted molar refractivity (Wildman–Crippen MR) is 339 cm³/mol. The zero-order valence-corrected chi connectivity index (χ0v) is 52.5. The van der Waals surface area contributed by atoms with Gasteiger partial charge in [-0.1, -0.05) is 345 Å². The van der Waals surface area contributed by atoms with Crippen molar-refractivity contribution in [2.24, 2.45) is 0 Å². The fourth-order valence-electron chi connectivity index (χ4n) is 10.4. The third-order valence-electron chi connectivity index (χ3n) is 15.6. The van der Waals surface area contributed by atoms with Crippen LogP contribution in [0.5, 0.6) is 0 Å². The second-order valence-electron chi connectivity index (χ2n) is 23.4. The van der Waals surface area contributed by atoms with Crippen molar-refractivity contribution in [3.8, 4) is 0 Å². The van der Waals surface area contributed by atoms with E-state index in [1.165, 1.54) is 250 Å².